The van der Waals surface area contributed by atoms with E-state index >= 15 is 0 Å². The Balaban J connectivity index is 1.52. The Morgan fingerprint density at radius 2 is 2.19 bits per heavy atom. The molecule has 4 nitrogen and oxygen atoms in total. The predicted molar refractivity (Wildman–Crippen MR) is 82.3 cm³/mol. The van der Waals surface area contributed by atoms with Crippen LogP contribution in [0, 0.1) is 17.8 Å². The molecule has 0 aromatic carbocycles. The number of rotatable bonds is 5. The Kier molecular flexibility index (Phi) is 4.10. The first kappa shape index (κ1) is 14.3. The molecule has 5 heteroatoms. The standard InChI is InChI=1S/C16H19NO3S/c18-15(19)6-4-13-3-5-14(21-13)16(20)17-9-12-8-10-1-2-11(12)7-10/h3-6,10-12H,1-2,7-9H2,(H,17,20)(H,18,19). The molecular weight excluding hydrogens is 286 g/mol. The highest BCUT2D eigenvalue weighted by molar-refractivity contribution is 7.14. The molecule has 1 aromatic heterocycles. The second-order valence-corrected chi connectivity index (χ2v) is 7.13. The number of thiophene rings is 1. The number of amides is 1. The Labute approximate surface area is 127 Å². The summed E-state index contributed by atoms with van der Waals surface area (Å²) < 4.78 is 0. The third-order valence-corrected chi connectivity index (χ3v) is 5.70. The molecule has 0 spiro atoms. The van der Waals surface area contributed by atoms with Crippen molar-refractivity contribution in [3.8, 4) is 0 Å². The van der Waals surface area contributed by atoms with Gasteiger partial charge in [-0.3, -0.25) is 4.79 Å². The highest BCUT2D eigenvalue weighted by Crippen LogP contribution is 2.47. The topological polar surface area (TPSA) is 66.4 Å². The van der Waals surface area contributed by atoms with E-state index in [2.05, 4.69) is 5.32 Å². The smallest absolute Gasteiger partial charge is 0.328 e. The molecule has 3 unspecified atom stereocenters. The van der Waals surface area contributed by atoms with Crippen LogP contribution in [0.5, 0.6) is 0 Å². The number of carbonyl (C=O) groups is 2. The van der Waals surface area contributed by atoms with E-state index in [4.69, 9.17) is 5.11 Å². The number of hydrogen-bond donors (Lipinski definition) is 2. The molecule has 0 radical (unpaired) electrons. The number of fused-ring (bicyclic) bond motifs is 2. The molecular formula is C16H19NO3S. The minimum atomic E-state index is -0.981. The van der Waals surface area contributed by atoms with Crippen LogP contribution in [0.3, 0.4) is 0 Å². The summed E-state index contributed by atoms with van der Waals surface area (Å²) >= 11 is 1.32. The third kappa shape index (κ3) is 3.35. The molecule has 0 aliphatic heterocycles. The summed E-state index contributed by atoms with van der Waals surface area (Å²) in [6.45, 7) is 0.776. The van der Waals surface area contributed by atoms with E-state index in [9.17, 15) is 9.59 Å². The first-order chi connectivity index (χ1) is 10.1. The van der Waals surface area contributed by atoms with Crippen molar-refractivity contribution in [3.05, 3.63) is 28.0 Å². The van der Waals surface area contributed by atoms with Crippen LogP contribution in [-0.2, 0) is 4.79 Å². The maximum absolute atomic E-state index is 12.1. The fourth-order valence-corrected chi connectivity index (χ4v) is 4.48. The molecule has 2 aliphatic rings. The molecule has 3 atom stereocenters. The van der Waals surface area contributed by atoms with Crippen molar-refractivity contribution in [3.63, 3.8) is 0 Å². The van der Waals surface area contributed by atoms with Gasteiger partial charge < -0.3 is 10.4 Å². The number of aliphatic carboxylic acids is 1. The van der Waals surface area contributed by atoms with Gasteiger partial charge in [-0.2, -0.15) is 0 Å². The average Bonchev–Trinajstić information content (AvgIpc) is 3.18. The van der Waals surface area contributed by atoms with Crippen LogP contribution in [0.4, 0.5) is 0 Å². The summed E-state index contributed by atoms with van der Waals surface area (Å²) in [7, 11) is 0. The zero-order valence-electron chi connectivity index (χ0n) is 11.7. The van der Waals surface area contributed by atoms with Crippen molar-refractivity contribution in [1.29, 1.82) is 0 Å². The van der Waals surface area contributed by atoms with Crippen LogP contribution < -0.4 is 5.32 Å². The molecule has 1 heterocycles. The number of carboxylic acids is 1. The van der Waals surface area contributed by atoms with Crippen LogP contribution in [0.2, 0.25) is 0 Å². The lowest BCUT2D eigenvalue weighted by molar-refractivity contribution is -0.131. The van der Waals surface area contributed by atoms with Crippen molar-refractivity contribution in [1.82, 2.24) is 5.32 Å². The minimum absolute atomic E-state index is 0.0438. The van der Waals surface area contributed by atoms with Gasteiger partial charge >= 0.3 is 5.97 Å². The normalized spacial score (nSPS) is 27.3. The monoisotopic (exact) mass is 305 g/mol. The Morgan fingerprint density at radius 3 is 2.86 bits per heavy atom. The van der Waals surface area contributed by atoms with Gasteiger partial charge in [0.1, 0.15) is 0 Å². The molecule has 2 fully saturated rings. The first-order valence-corrected chi connectivity index (χ1v) is 8.22. The molecule has 1 aromatic rings. The molecule has 2 saturated carbocycles. The second-order valence-electron chi connectivity index (χ2n) is 6.02. The SMILES string of the molecule is O=C(O)C=Cc1ccc(C(=O)NCC2CC3CCC2C3)s1. The summed E-state index contributed by atoms with van der Waals surface area (Å²) in [6.07, 6.45) is 7.92. The van der Waals surface area contributed by atoms with Crippen molar-refractivity contribution >= 4 is 29.3 Å². The Hall–Kier alpha value is -1.62. The second kappa shape index (κ2) is 6.02. The van der Waals surface area contributed by atoms with E-state index in [-0.39, 0.29) is 5.91 Å². The van der Waals surface area contributed by atoms with Gasteiger partial charge in [0, 0.05) is 17.5 Å². The van der Waals surface area contributed by atoms with Crippen molar-refractivity contribution in [2.24, 2.45) is 17.8 Å². The van der Waals surface area contributed by atoms with Gasteiger partial charge in [0.2, 0.25) is 0 Å². The van der Waals surface area contributed by atoms with Crippen molar-refractivity contribution < 1.29 is 14.7 Å². The van der Waals surface area contributed by atoms with Gasteiger partial charge in [0.05, 0.1) is 4.88 Å². The van der Waals surface area contributed by atoms with Gasteiger partial charge in [-0.05, 0) is 55.2 Å². The van der Waals surface area contributed by atoms with E-state index in [1.807, 2.05) is 0 Å². The summed E-state index contributed by atoms with van der Waals surface area (Å²) in [6, 6.07) is 3.53. The fourth-order valence-electron chi connectivity index (χ4n) is 3.66. The zero-order chi connectivity index (χ0) is 14.8. The molecule has 112 valence electrons. The maximum Gasteiger partial charge on any atom is 0.328 e. The maximum atomic E-state index is 12.1. The van der Waals surface area contributed by atoms with Gasteiger partial charge in [-0.15, -0.1) is 11.3 Å². The molecule has 2 aliphatic carbocycles. The Bertz CT molecular complexity index is 578. The third-order valence-electron chi connectivity index (χ3n) is 4.65. The highest BCUT2D eigenvalue weighted by atomic mass is 32.1. The van der Waals surface area contributed by atoms with E-state index < -0.39 is 5.97 Å². The van der Waals surface area contributed by atoms with Gasteiger partial charge in [0.25, 0.3) is 5.91 Å². The van der Waals surface area contributed by atoms with Gasteiger partial charge in [-0.1, -0.05) is 6.42 Å². The van der Waals surface area contributed by atoms with Gasteiger partial charge in [-0.25, -0.2) is 4.79 Å². The molecule has 1 amide bonds. The van der Waals surface area contributed by atoms with E-state index in [1.165, 1.54) is 43.1 Å². The summed E-state index contributed by atoms with van der Waals surface area (Å²) in [5, 5.41) is 11.6. The van der Waals surface area contributed by atoms with Crippen LogP contribution in [0.1, 0.15) is 40.2 Å². The number of hydrogen-bond acceptors (Lipinski definition) is 3. The lowest BCUT2D eigenvalue weighted by atomic mass is 9.89. The van der Waals surface area contributed by atoms with Crippen LogP contribution in [0.25, 0.3) is 6.08 Å². The number of nitrogens with one attached hydrogen (secondary N) is 1. The molecule has 3 rings (SSSR count). The van der Waals surface area contributed by atoms with Crippen LogP contribution in [0.15, 0.2) is 18.2 Å². The lowest BCUT2D eigenvalue weighted by Gasteiger charge is -2.21. The Morgan fingerprint density at radius 1 is 1.33 bits per heavy atom. The number of carbonyl (C=O) groups excluding carboxylic acids is 1. The summed E-state index contributed by atoms with van der Waals surface area (Å²) in [5.74, 6) is 1.33. The molecule has 21 heavy (non-hydrogen) atoms. The van der Waals surface area contributed by atoms with Crippen molar-refractivity contribution in [2.45, 2.75) is 25.7 Å². The van der Waals surface area contributed by atoms with E-state index in [0.29, 0.717) is 10.8 Å². The first-order valence-electron chi connectivity index (χ1n) is 7.41. The molecule has 0 saturated heterocycles. The zero-order valence-corrected chi connectivity index (χ0v) is 12.6. The van der Waals surface area contributed by atoms with Crippen molar-refractivity contribution in [2.75, 3.05) is 6.54 Å². The minimum Gasteiger partial charge on any atom is -0.478 e. The quantitative estimate of drug-likeness (QED) is 0.822. The fraction of sp³-hybridized carbons (Fsp3) is 0.500. The van der Waals surface area contributed by atoms with Crippen LogP contribution in [-0.4, -0.2) is 23.5 Å². The predicted octanol–water partition coefficient (Wildman–Crippen LogP) is 3.01. The van der Waals surface area contributed by atoms with Crippen LogP contribution >= 0.6 is 11.3 Å². The molecule has 2 bridgehead atoms. The number of carboxylic acid groups (broad SMARTS) is 1. The summed E-state index contributed by atoms with van der Waals surface area (Å²) in [5.41, 5.74) is 0. The highest BCUT2D eigenvalue weighted by Gasteiger charge is 2.39. The largest absolute Gasteiger partial charge is 0.478 e. The van der Waals surface area contributed by atoms with E-state index in [0.717, 1.165) is 29.3 Å². The lowest BCUT2D eigenvalue weighted by Crippen LogP contribution is -2.31. The average molecular weight is 305 g/mol. The summed E-state index contributed by atoms with van der Waals surface area (Å²) in [4.78, 5) is 24.0. The van der Waals surface area contributed by atoms with Gasteiger partial charge in [0.15, 0.2) is 0 Å². The molecule has 2 N–H and O–H groups in total. The van der Waals surface area contributed by atoms with E-state index in [1.54, 1.807) is 12.1 Å².